The van der Waals surface area contributed by atoms with Gasteiger partial charge in [-0.25, -0.2) is 4.68 Å². The van der Waals surface area contributed by atoms with E-state index in [9.17, 15) is 9.00 Å². The molecule has 4 rings (SSSR count). The van der Waals surface area contributed by atoms with E-state index in [-0.39, 0.29) is 5.91 Å². The molecule has 138 valence electrons. The van der Waals surface area contributed by atoms with Crippen molar-refractivity contribution in [1.82, 2.24) is 9.78 Å². The number of ether oxygens (including phenoxy) is 1. The standard InChI is InChI=1S/C19H16BrN3O3S/c1-26-15-8-6-14(7-9-15)23-18(16-10-27(25)11-17(16)22-23)21-19(24)12-2-4-13(20)5-3-12/h2-9H,10-11H2,1H3,(H,21,24)/t27-/m0/s1. The summed E-state index contributed by atoms with van der Waals surface area (Å²) >= 11 is 3.37. The van der Waals surface area contributed by atoms with Crippen molar-refractivity contribution in [1.29, 1.82) is 0 Å². The molecule has 0 saturated heterocycles. The lowest BCUT2D eigenvalue weighted by Gasteiger charge is -2.11. The zero-order valence-electron chi connectivity index (χ0n) is 14.4. The number of carbonyl (C=O) groups is 1. The highest BCUT2D eigenvalue weighted by atomic mass is 79.9. The Morgan fingerprint density at radius 3 is 2.52 bits per heavy atom. The third kappa shape index (κ3) is 3.54. The zero-order chi connectivity index (χ0) is 19.0. The van der Waals surface area contributed by atoms with E-state index in [1.807, 2.05) is 36.4 Å². The summed E-state index contributed by atoms with van der Waals surface area (Å²) in [5.41, 5.74) is 2.92. The van der Waals surface area contributed by atoms with Crippen molar-refractivity contribution in [3.63, 3.8) is 0 Å². The Hall–Kier alpha value is -2.45. The second-order valence-electron chi connectivity index (χ2n) is 6.07. The summed E-state index contributed by atoms with van der Waals surface area (Å²) in [6.07, 6.45) is 0. The molecule has 6 nitrogen and oxygen atoms in total. The number of methoxy groups -OCH3 is 1. The Labute approximate surface area is 167 Å². The van der Waals surface area contributed by atoms with Gasteiger partial charge in [0.2, 0.25) is 0 Å². The van der Waals surface area contributed by atoms with Gasteiger partial charge in [0.15, 0.2) is 0 Å². The van der Waals surface area contributed by atoms with Crippen LogP contribution in [-0.2, 0) is 22.3 Å². The van der Waals surface area contributed by atoms with Crippen LogP contribution in [0.15, 0.2) is 53.0 Å². The lowest BCUT2D eigenvalue weighted by atomic mass is 10.2. The first-order valence-corrected chi connectivity index (χ1v) is 10.5. The van der Waals surface area contributed by atoms with E-state index in [1.165, 1.54) is 0 Å². The topological polar surface area (TPSA) is 73.2 Å². The number of benzene rings is 2. The van der Waals surface area contributed by atoms with Crippen LogP contribution in [0.2, 0.25) is 0 Å². The number of aromatic nitrogens is 2. The molecule has 2 heterocycles. The van der Waals surface area contributed by atoms with Gasteiger partial charge in [-0.1, -0.05) is 15.9 Å². The van der Waals surface area contributed by atoms with E-state index in [1.54, 1.807) is 23.9 Å². The molecule has 1 atom stereocenters. The molecule has 0 radical (unpaired) electrons. The van der Waals surface area contributed by atoms with Gasteiger partial charge >= 0.3 is 0 Å². The molecule has 0 spiro atoms. The van der Waals surface area contributed by atoms with E-state index in [0.717, 1.165) is 27.2 Å². The van der Waals surface area contributed by atoms with Crippen LogP contribution >= 0.6 is 15.9 Å². The number of anilines is 1. The minimum absolute atomic E-state index is 0.238. The Morgan fingerprint density at radius 1 is 1.15 bits per heavy atom. The SMILES string of the molecule is COc1ccc(-n2nc3c(c2NC(=O)c2ccc(Br)cc2)C[S@](=O)C3)cc1. The predicted molar refractivity (Wildman–Crippen MR) is 108 cm³/mol. The largest absolute Gasteiger partial charge is 0.497 e. The molecule has 0 unspecified atom stereocenters. The van der Waals surface area contributed by atoms with Crippen molar-refractivity contribution in [3.05, 3.63) is 69.8 Å². The molecule has 1 aromatic heterocycles. The van der Waals surface area contributed by atoms with E-state index in [4.69, 9.17) is 4.74 Å². The molecule has 1 aliphatic rings. The quantitative estimate of drug-likeness (QED) is 0.664. The van der Waals surface area contributed by atoms with Crippen LogP contribution in [0.5, 0.6) is 5.75 Å². The van der Waals surface area contributed by atoms with E-state index >= 15 is 0 Å². The summed E-state index contributed by atoms with van der Waals surface area (Å²) in [5.74, 6) is 1.85. The molecule has 0 aliphatic carbocycles. The first-order valence-electron chi connectivity index (χ1n) is 8.22. The van der Waals surface area contributed by atoms with E-state index in [2.05, 4.69) is 26.3 Å². The van der Waals surface area contributed by atoms with Gasteiger partial charge in [-0.2, -0.15) is 5.10 Å². The Morgan fingerprint density at radius 2 is 1.85 bits per heavy atom. The second kappa shape index (κ2) is 7.28. The number of amides is 1. The predicted octanol–water partition coefficient (Wildman–Crippen LogP) is 3.66. The van der Waals surface area contributed by atoms with E-state index < -0.39 is 10.8 Å². The number of rotatable bonds is 4. The number of carbonyl (C=O) groups excluding carboxylic acids is 1. The Balaban J connectivity index is 1.72. The molecule has 8 heteroatoms. The van der Waals surface area contributed by atoms with Gasteiger partial charge < -0.3 is 10.1 Å². The molecule has 1 N–H and O–H groups in total. The number of halogens is 1. The fraction of sp³-hybridized carbons (Fsp3) is 0.158. The lowest BCUT2D eigenvalue weighted by Crippen LogP contribution is -2.16. The Bertz CT molecular complexity index is 1030. The van der Waals surface area contributed by atoms with Crippen LogP contribution in [0.1, 0.15) is 21.6 Å². The maximum absolute atomic E-state index is 12.7. The maximum Gasteiger partial charge on any atom is 0.256 e. The summed E-state index contributed by atoms with van der Waals surface area (Å²) in [7, 11) is 0.624. The van der Waals surface area contributed by atoms with Gasteiger partial charge in [0.1, 0.15) is 11.6 Å². The summed E-state index contributed by atoms with van der Waals surface area (Å²) in [6.45, 7) is 0. The van der Waals surface area contributed by atoms with Crippen molar-refractivity contribution < 1.29 is 13.7 Å². The van der Waals surface area contributed by atoms with Crippen molar-refractivity contribution in [2.75, 3.05) is 12.4 Å². The molecule has 1 amide bonds. The monoisotopic (exact) mass is 445 g/mol. The van der Waals surface area contributed by atoms with Gasteiger partial charge in [0.05, 0.1) is 30.0 Å². The number of hydrogen-bond acceptors (Lipinski definition) is 4. The first kappa shape index (κ1) is 17.9. The van der Waals surface area contributed by atoms with Crippen LogP contribution in [0, 0.1) is 0 Å². The molecule has 0 fully saturated rings. The fourth-order valence-electron chi connectivity index (χ4n) is 2.95. The fourth-order valence-corrected chi connectivity index (χ4v) is 4.48. The summed E-state index contributed by atoms with van der Waals surface area (Å²) in [5, 5.41) is 7.54. The van der Waals surface area contributed by atoms with Gasteiger partial charge in [-0.05, 0) is 48.5 Å². The summed E-state index contributed by atoms with van der Waals surface area (Å²) in [6, 6.07) is 14.5. The average Bonchev–Trinajstić information content (AvgIpc) is 3.19. The highest BCUT2D eigenvalue weighted by molar-refractivity contribution is 9.10. The maximum atomic E-state index is 12.7. The lowest BCUT2D eigenvalue weighted by molar-refractivity contribution is 0.102. The summed E-state index contributed by atoms with van der Waals surface area (Å²) in [4.78, 5) is 12.7. The molecular weight excluding hydrogens is 430 g/mol. The molecular formula is C19H16BrN3O3S. The van der Waals surface area contributed by atoms with Crippen molar-refractivity contribution >= 4 is 38.5 Å². The smallest absolute Gasteiger partial charge is 0.256 e. The number of hydrogen-bond donors (Lipinski definition) is 1. The third-order valence-electron chi connectivity index (χ3n) is 4.33. The molecule has 1 aliphatic heterocycles. The molecule has 2 aromatic carbocycles. The second-order valence-corrected chi connectivity index (χ2v) is 8.45. The average molecular weight is 446 g/mol. The third-order valence-corrected chi connectivity index (χ3v) is 6.06. The Kier molecular flexibility index (Phi) is 4.84. The number of fused-ring (bicyclic) bond motifs is 1. The highest BCUT2D eigenvalue weighted by Crippen LogP contribution is 2.32. The van der Waals surface area contributed by atoms with Crippen molar-refractivity contribution in [3.8, 4) is 11.4 Å². The summed E-state index contributed by atoms with van der Waals surface area (Å²) < 4.78 is 19.8. The van der Waals surface area contributed by atoms with Crippen LogP contribution in [0.4, 0.5) is 5.82 Å². The minimum Gasteiger partial charge on any atom is -0.497 e. The van der Waals surface area contributed by atoms with Crippen LogP contribution in [-0.4, -0.2) is 27.0 Å². The zero-order valence-corrected chi connectivity index (χ0v) is 16.8. The van der Waals surface area contributed by atoms with Crippen molar-refractivity contribution in [2.45, 2.75) is 11.5 Å². The molecule has 27 heavy (non-hydrogen) atoms. The molecule has 0 bridgehead atoms. The van der Waals surface area contributed by atoms with Crippen LogP contribution < -0.4 is 10.1 Å². The molecule has 0 saturated carbocycles. The molecule has 3 aromatic rings. The van der Waals surface area contributed by atoms with Gasteiger partial charge in [-0.3, -0.25) is 9.00 Å². The van der Waals surface area contributed by atoms with Gasteiger partial charge in [-0.15, -0.1) is 0 Å². The number of nitrogens with one attached hydrogen (secondary N) is 1. The normalized spacial score (nSPS) is 15.4. The first-order chi connectivity index (χ1) is 13.0. The number of nitrogens with zero attached hydrogens (tertiary/aromatic N) is 2. The van der Waals surface area contributed by atoms with Gasteiger partial charge in [0, 0.05) is 26.4 Å². The minimum atomic E-state index is -0.984. The van der Waals surface area contributed by atoms with Gasteiger partial charge in [0.25, 0.3) is 5.91 Å². The van der Waals surface area contributed by atoms with Crippen LogP contribution in [0.25, 0.3) is 5.69 Å². The highest BCUT2D eigenvalue weighted by Gasteiger charge is 2.28. The van der Waals surface area contributed by atoms with Crippen molar-refractivity contribution in [2.24, 2.45) is 0 Å². The van der Waals surface area contributed by atoms with E-state index in [0.29, 0.717) is 22.9 Å². The van der Waals surface area contributed by atoms with Crippen LogP contribution in [0.3, 0.4) is 0 Å².